The quantitative estimate of drug-likeness (QED) is 0.780. The summed E-state index contributed by atoms with van der Waals surface area (Å²) in [6.07, 6.45) is 3.84. The summed E-state index contributed by atoms with van der Waals surface area (Å²) in [6.45, 7) is 3.55. The zero-order chi connectivity index (χ0) is 17.6. The summed E-state index contributed by atoms with van der Waals surface area (Å²) < 4.78 is 11.6. The molecule has 146 valence electrons. The van der Waals surface area contributed by atoms with E-state index >= 15 is 0 Å². The second-order valence-electron chi connectivity index (χ2n) is 7.28. The van der Waals surface area contributed by atoms with Gasteiger partial charge in [0.1, 0.15) is 11.5 Å². The molecule has 27 heavy (non-hydrogen) atoms. The standard InChI is InChI=1S/C22H28N2O2.ClH/c1-2-7-18(8-3-1)26-19-9-4-6-17(14-19)15-24-21-11-5-10-20(21)22-16-25-13-12-23-22;/h1-4,6-9,14,20-24H,5,10-13,15-16H2;1H. The monoisotopic (exact) mass is 388 g/mol. The maximum Gasteiger partial charge on any atom is 0.127 e. The van der Waals surface area contributed by atoms with Crippen molar-refractivity contribution in [2.45, 2.75) is 37.9 Å². The third-order valence-electron chi connectivity index (χ3n) is 5.48. The molecule has 0 bridgehead atoms. The van der Waals surface area contributed by atoms with Crippen LogP contribution in [0.3, 0.4) is 0 Å². The van der Waals surface area contributed by atoms with Crippen molar-refractivity contribution in [3.05, 3.63) is 60.2 Å². The normalized spacial score (nSPS) is 25.0. The van der Waals surface area contributed by atoms with Crippen LogP contribution in [0.2, 0.25) is 0 Å². The van der Waals surface area contributed by atoms with Gasteiger partial charge in [0, 0.05) is 25.2 Å². The highest BCUT2D eigenvalue weighted by molar-refractivity contribution is 5.85. The predicted octanol–water partition coefficient (Wildman–Crippen LogP) is 4.15. The van der Waals surface area contributed by atoms with Crippen molar-refractivity contribution < 1.29 is 9.47 Å². The van der Waals surface area contributed by atoms with Gasteiger partial charge in [-0.3, -0.25) is 0 Å². The van der Waals surface area contributed by atoms with E-state index in [0.717, 1.165) is 37.8 Å². The lowest BCUT2D eigenvalue weighted by molar-refractivity contribution is 0.0524. The summed E-state index contributed by atoms with van der Waals surface area (Å²) in [6, 6.07) is 19.4. The van der Waals surface area contributed by atoms with Crippen LogP contribution >= 0.6 is 12.4 Å². The average Bonchev–Trinajstić information content (AvgIpc) is 3.17. The highest BCUT2D eigenvalue weighted by atomic mass is 35.5. The van der Waals surface area contributed by atoms with Gasteiger partial charge in [-0.05, 0) is 48.6 Å². The van der Waals surface area contributed by atoms with Crippen LogP contribution in [0.5, 0.6) is 11.5 Å². The zero-order valence-electron chi connectivity index (χ0n) is 15.6. The molecule has 2 aromatic rings. The minimum atomic E-state index is 0. The zero-order valence-corrected chi connectivity index (χ0v) is 16.4. The molecule has 1 saturated carbocycles. The second kappa shape index (κ2) is 10.1. The number of rotatable bonds is 6. The summed E-state index contributed by atoms with van der Waals surface area (Å²) in [5.74, 6) is 2.43. The lowest BCUT2D eigenvalue weighted by Gasteiger charge is -2.33. The molecule has 3 unspecified atom stereocenters. The molecule has 2 aliphatic rings. The van der Waals surface area contributed by atoms with Gasteiger partial charge in [0.05, 0.1) is 13.2 Å². The van der Waals surface area contributed by atoms with E-state index in [-0.39, 0.29) is 12.4 Å². The van der Waals surface area contributed by atoms with Gasteiger partial charge in [0.15, 0.2) is 0 Å². The number of hydrogen-bond acceptors (Lipinski definition) is 4. The largest absolute Gasteiger partial charge is 0.457 e. The van der Waals surface area contributed by atoms with E-state index < -0.39 is 0 Å². The summed E-state index contributed by atoms with van der Waals surface area (Å²) >= 11 is 0. The molecule has 1 saturated heterocycles. The number of para-hydroxylation sites is 1. The molecule has 0 amide bonds. The van der Waals surface area contributed by atoms with Gasteiger partial charge >= 0.3 is 0 Å². The van der Waals surface area contributed by atoms with E-state index in [1.807, 2.05) is 36.4 Å². The fourth-order valence-corrected chi connectivity index (χ4v) is 4.18. The molecule has 2 fully saturated rings. The third kappa shape index (κ3) is 5.45. The number of benzene rings is 2. The molecule has 2 aromatic carbocycles. The van der Waals surface area contributed by atoms with Gasteiger partial charge in [-0.25, -0.2) is 0 Å². The van der Waals surface area contributed by atoms with Gasteiger partial charge in [0.25, 0.3) is 0 Å². The Morgan fingerprint density at radius 1 is 1.04 bits per heavy atom. The Balaban J connectivity index is 0.00000210. The van der Waals surface area contributed by atoms with Crippen molar-refractivity contribution in [1.82, 2.24) is 10.6 Å². The number of ether oxygens (including phenoxy) is 2. The molecule has 4 nitrogen and oxygen atoms in total. The molecule has 1 heterocycles. The lowest BCUT2D eigenvalue weighted by Crippen LogP contribution is -2.50. The molecule has 4 rings (SSSR count). The van der Waals surface area contributed by atoms with Crippen LogP contribution in [-0.4, -0.2) is 31.8 Å². The molecule has 5 heteroatoms. The first-order chi connectivity index (χ1) is 12.9. The van der Waals surface area contributed by atoms with Crippen molar-refractivity contribution in [1.29, 1.82) is 0 Å². The Labute approximate surface area is 168 Å². The van der Waals surface area contributed by atoms with Crippen molar-refractivity contribution in [3.8, 4) is 11.5 Å². The minimum Gasteiger partial charge on any atom is -0.457 e. The molecule has 0 spiro atoms. The maximum absolute atomic E-state index is 5.95. The Bertz CT molecular complexity index is 692. The fraction of sp³-hybridized carbons (Fsp3) is 0.455. The number of hydrogen-bond donors (Lipinski definition) is 2. The first kappa shape index (κ1) is 20.2. The fourth-order valence-electron chi connectivity index (χ4n) is 4.18. The first-order valence-electron chi connectivity index (χ1n) is 9.75. The minimum absolute atomic E-state index is 0. The van der Waals surface area contributed by atoms with Crippen molar-refractivity contribution in [2.75, 3.05) is 19.8 Å². The molecular weight excluding hydrogens is 360 g/mol. The van der Waals surface area contributed by atoms with Crippen molar-refractivity contribution >= 4 is 12.4 Å². The lowest BCUT2D eigenvalue weighted by atomic mass is 9.94. The number of halogens is 1. The first-order valence-corrected chi connectivity index (χ1v) is 9.75. The Morgan fingerprint density at radius 3 is 2.70 bits per heavy atom. The smallest absolute Gasteiger partial charge is 0.127 e. The average molecular weight is 389 g/mol. The maximum atomic E-state index is 5.95. The van der Waals surface area contributed by atoms with Crippen LogP contribution in [0.15, 0.2) is 54.6 Å². The molecule has 3 atom stereocenters. The van der Waals surface area contributed by atoms with Gasteiger partial charge in [-0.2, -0.15) is 0 Å². The Hall–Kier alpha value is -1.59. The number of nitrogens with one attached hydrogen (secondary N) is 2. The van der Waals surface area contributed by atoms with Crippen LogP contribution in [0.25, 0.3) is 0 Å². The van der Waals surface area contributed by atoms with Gasteiger partial charge < -0.3 is 20.1 Å². The van der Waals surface area contributed by atoms with Crippen LogP contribution in [-0.2, 0) is 11.3 Å². The van der Waals surface area contributed by atoms with Gasteiger partial charge in [-0.15, -0.1) is 12.4 Å². The summed E-state index contributed by atoms with van der Waals surface area (Å²) in [7, 11) is 0. The number of morpholine rings is 1. The summed E-state index contributed by atoms with van der Waals surface area (Å²) in [5.41, 5.74) is 1.26. The second-order valence-corrected chi connectivity index (χ2v) is 7.28. The van der Waals surface area contributed by atoms with Gasteiger partial charge in [-0.1, -0.05) is 36.8 Å². The van der Waals surface area contributed by atoms with Crippen LogP contribution in [0.1, 0.15) is 24.8 Å². The van der Waals surface area contributed by atoms with E-state index in [1.54, 1.807) is 0 Å². The van der Waals surface area contributed by atoms with E-state index in [2.05, 4.69) is 28.8 Å². The SMILES string of the molecule is Cl.c1ccc(Oc2cccc(CNC3CCCC3C3COCCN3)c2)cc1. The van der Waals surface area contributed by atoms with Crippen LogP contribution in [0.4, 0.5) is 0 Å². The molecular formula is C22H29ClN2O2. The highest BCUT2D eigenvalue weighted by Crippen LogP contribution is 2.30. The molecule has 1 aliphatic carbocycles. The predicted molar refractivity (Wildman–Crippen MR) is 111 cm³/mol. The van der Waals surface area contributed by atoms with Crippen LogP contribution < -0.4 is 15.4 Å². The Morgan fingerprint density at radius 2 is 1.89 bits per heavy atom. The molecule has 0 aromatic heterocycles. The van der Waals surface area contributed by atoms with E-state index in [4.69, 9.17) is 9.47 Å². The molecule has 0 radical (unpaired) electrons. The van der Waals surface area contributed by atoms with Crippen molar-refractivity contribution in [3.63, 3.8) is 0 Å². The van der Waals surface area contributed by atoms with E-state index in [1.165, 1.54) is 24.8 Å². The van der Waals surface area contributed by atoms with E-state index in [9.17, 15) is 0 Å². The van der Waals surface area contributed by atoms with Crippen molar-refractivity contribution in [2.24, 2.45) is 5.92 Å². The molecule has 1 aliphatic heterocycles. The summed E-state index contributed by atoms with van der Waals surface area (Å²) in [5, 5.41) is 7.43. The highest BCUT2D eigenvalue weighted by Gasteiger charge is 2.34. The van der Waals surface area contributed by atoms with E-state index in [0.29, 0.717) is 18.0 Å². The topological polar surface area (TPSA) is 42.5 Å². The van der Waals surface area contributed by atoms with Crippen LogP contribution in [0, 0.1) is 5.92 Å². The third-order valence-corrected chi connectivity index (χ3v) is 5.48. The Kier molecular flexibility index (Phi) is 7.53. The summed E-state index contributed by atoms with van der Waals surface area (Å²) in [4.78, 5) is 0. The van der Waals surface area contributed by atoms with Gasteiger partial charge in [0.2, 0.25) is 0 Å². The molecule has 2 N–H and O–H groups in total.